The van der Waals surface area contributed by atoms with Gasteiger partial charge in [-0.05, 0) is 35.4 Å². The zero-order valence-electron chi connectivity index (χ0n) is 16.1. The van der Waals surface area contributed by atoms with E-state index in [-0.39, 0.29) is 23.8 Å². The summed E-state index contributed by atoms with van der Waals surface area (Å²) in [6, 6.07) is 13.5. The van der Waals surface area contributed by atoms with E-state index in [0.717, 1.165) is 0 Å². The van der Waals surface area contributed by atoms with E-state index in [9.17, 15) is 26.7 Å². The highest BCUT2D eigenvalue weighted by Crippen LogP contribution is 2.23. The summed E-state index contributed by atoms with van der Waals surface area (Å²) in [7, 11) is 0. The second kappa shape index (κ2) is 9.69. The topological polar surface area (TPSA) is 56.2 Å². The first-order chi connectivity index (χ1) is 14.7. The maximum absolute atomic E-state index is 13.3. The molecule has 164 valence electrons. The summed E-state index contributed by atoms with van der Waals surface area (Å²) in [5.74, 6) is -4.84. The van der Waals surface area contributed by atoms with E-state index in [1.807, 2.05) is 0 Å². The number of hydrogen-bond donors (Lipinski definition) is 1. The third-order valence-electron chi connectivity index (χ3n) is 4.19. The smallest absolute Gasteiger partial charge is 0.330 e. The van der Waals surface area contributed by atoms with Crippen LogP contribution in [0.2, 0.25) is 0 Å². The Morgan fingerprint density at radius 2 is 1.84 bits per heavy atom. The van der Waals surface area contributed by atoms with Crippen LogP contribution in [0, 0.1) is 5.82 Å². The maximum atomic E-state index is 13.3. The molecule has 2 aromatic carbocycles. The SMILES string of the molecule is O=C(Nc1ccn(Cc2cccc(F)c2)n1)c1cccc(COCC(F)(F)C(F)F)c1. The summed E-state index contributed by atoms with van der Waals surface area (Å²) in [5, 5.41) is 6.79. The highest BCUT2D eigenvalue weighted by Gasteiger charge is 2.40. The summed E-state index contributed by atoms with van der Waals surface area (Å²) in [6.45, 7) is -1.47. The Morgan fingerprint density at radius 1 is 1.10 bits per heavy atom. The van der Waals surface area contributed by atoms with Crippen LogP contribution in [0.15, 0.2) is 60.8 Å². The Bertz CT molecular complexity index is 1040. The molecule has 0 fully saturated rings. The molecule has 0 aliphatic heterocycles. The van der Waals surface area contributed by atoms with E-state index in [0.29, 0.717) is 17.7 Å². The number of nitrogens with one attached hydrogen (secondary N) is 1. The van der Waals surface area contributed by atoms with Crippen molar-refractivity contribution in [1.29, 1.82) is 0 Å². The van der Waals surface area contributed by atoms with Gasteiger partial charge in [-0.15, -0.1) is 0 Å². The Morgan fingerprint density at radius 3 is 2.58 bits per heavy atom. The zero-order valence-corrected chi connectivity index (χ0v) is 16.1. The van der Waals surface area contributed by atoms with Crippen molar-refractivity contribution in [2.75, 3.05) is 11.9 Å². The molecule has 0 radical (unpaired) electrons. The molecule has 0 unspecified atom stereocenters. The molecular formula is C21H18F5N3O2. The fraction of sp³-hybridized carbons (Fsp3) is 0.238. The van der Waals surface area contributed by atoms with Crippen LogP contribution in [-0.2, 0) is 17.9 Å². The van der Waals surface area contributed by atoms with Gasteiger partial charge in [0.15, 0.2) is 5.82 Å². The van der Waals surface area contributed by atoms with Crippen molar-refractivity contribution in [1.82, 2.24) is 9.78 Å². The molecule has 0 aliphatic carbocycles. The lowest BCUT2D eigenvalue weighted by Gasteiger charge is -2.15. The number of nitrogens with zero attached hydrogens (tertiary/aromatic N) is 2. The molecule has 1 aromatic heterocycles. The van der Waals surface area contributed by atoms with Crippen LogP contribution in [0.4, 0.5) is 27.8 Å². The molecular weight excluding hydrogens is 421 g/mol. The molecule has 3 rings (SSSR count). The van der Waals surface area contributed by atoms with Gasteiger partial charge in [-0.25, -0.2) is 13.2 Å². The number of aromatic nitrogens is 2. The van der Waals surface area contributed by atoms with Crippen LogP contribution in [0.1, 0.15) is 21.5 Å². The lowest BCUT2D eigenvalue weighted by Crippen LogP contribution is -2.32. The normalized spacial score (nSPS) is 11.7. The molecule has 0 spiro atoms. The first-order valence-corrected chi connectivity index (χ1v) is 9.15. The number of ether oxygens (including phenoxy) is 1. The monoisotopic (exact) mass is 439 g/mol. The average Bonchev–Trinajstić information content (AvgIpc) is 3.14. The number of benzene rings is 2. The lowest BCUT2D eigenvalue weighted by molar-refractivity contribution is -0.168. The van der Waals surface area contributed by atoms with Crippen molar-refractivity contribution in [2.45, 2.75) is 25.5 Å². The van der Waals surface area contributed by atoms with Crippen LogP contribution >= 0.6 is 0 Å². The van der Waals surface area contributed by atoms with Crippen LogP contribution in [0.5, 0.6) is 0 Å². The summed E-state index contributed by atoms with van der Waals surface area (Å²) in [5.41, 5.74) is 1.28. The van der Waals surface area contributed by atoms with Crippen molar-refractivity contribution < 1.29 is 31.5 Å². The number of amides is 1. The minimum atomic E-state index is -4.24. The Balaban J connectivity index is 1.57. The third kappa shape index (κ3) is 6.35. The molecule has 0 bridgehead atoms. The standard InChI is InChI=1S/C21H18F5N3O2/c22-17-6-2-3-14(10-17)11-29-8-7-18(28-29)27-19(30)16-5-1-4-15(9-16)12-31-13-21(25,26)20(23)24/h1-10,20H,11-13H2,(H,27,28,30). The summed E-state index contributed by atoms with van der Waals surface area (Å²) in [4.78, 5) is 12.4. The maximum Gasteiger partial charge on any atom is 0.330 e. The fourth-order valence-electron chi connectivity index (χ4n) is 2.70. The Kier molecular flexibility index (Phi) is 7.01. The number of alkyl halides is 4. The van der Waals surface area contributed by atoms with Gasteiger partial charge in [0.25, 0.3) is 5.91 Å². The summed E-state index contributed by atoms with van der Waals surface area (Å²) in [6.07, 6.45) is -2.20. The van der Waals surface area contributed by atoms with Gasteiger partial charge in [0.2, 0.25) is 0 Å². The predicted molar refractivity (Wildman–Crippen MR) is 103 cm³/mol. The highest BCUT2D eigenvalue weighted by atomic mass is 19.3. The number of carbonyl (C=O) groups is 1. The van der Waals surface area contributed by atoms with Crippen LogP contribution in [0.25, 0.3) is 0 Å². The van der Waals surface area contributed by atoms with Gasteiger partial charge in [-0.2, -0.15) is 13.9 Å². The first-order valence-electron chi connectivity index (χ1n) is 9.15. The van der Waals surface area contributed by atoms with Crippen molar-refractivity contribution in [3.63, 3.8) is 0 Å². The van der Waals surface area contributed by atoms with Crippen molar-refractivity contribution >= 4 is 11.7 Å². The quantitative estimate of drug-likeness (QED) is 0.490. The molecule has 0 saturated heterocycles. The van der Waals surface area contributed by atoms with Crippen molar-refractivity contribution in [3.05, 3.63) is 83.3 Å². The Labute approximate surface area is 174 Å². The second-order valence-electron chi connectivity index (χ2n) is 6.74. The van der Waals surface area contributed by atoms with Crippen molar-refractivity contribution in [3.8, 4) is 0 Å². The third-order valence-corrected chi connectivity index (χ3v) is 4.19. The van der Waals surface area contributed by atoms with E-state index in [2.05, 4.69) is 15.2 Å². The molecule has 0 saturated carbocycles. The van der Waals surface area contributed by atoms with Gasteiger partial charge < -0.3 is 10.1 Å². The largest absolute Gasteiger partial charge is 0.370 e. The van der Waals surface area contributed by atoms with E-state index < -0.39 is 24.9 Å². The molecule has 1 amide bonds. The minimum absolute atomic E-state index is 0.210. The van der Waals surface area contributed by atoms with Crippen molar-refractivity contribution in [2.24, 2.45) is 0 Å². The summed E-state index contributed by atoms with van der Waals surface area (Å²) >= 11 is 0. The van der Waals surface area contributed by atoms with Gasteiger partial charge in [-0.3, -0.25) is 9.48 Å². The predicted octanol–water partition coefficient (Wildman–Crippen LogP) is 4.74. The number of halogens is 5. The molecule has 10 heteroatoms. The average molecular weight is 439 g/mol. The van der Waals surface area contributed by atoms with Crippen LogP contribution in [-0.4, -0.2) is 34.6 Å². The number of anilines is 1. The molecule has 1 heterocycles. The number of carbonyl (C=O) groups excluding carboxylic acids is 1. The lowest BCUT2D eigenvalue weighted by atomic mass is 10.1. The van der Waals surface area contributed by atoms with Crippen LogP contribution in [0.3, 0.4) is 0 Å². The molecule has 31 heavy (non-hydrogen) atoms. The van der Waals surface area contributed by atoms with E-state index in [1.165, 1.54) is 41.1 Å². The van der Waals surface area contributed by atoms with Gasteiger partial charge in [0.05, 0.1) is 13.2 Å². The highest BCUT2D eigenvalue weighted by molar-refractivity contribution is 6.03. The van der Waals surface area contributed by atoms with E-state index in [1.54, 1.807) is 24.4 Å². The van der Waals surface area contributed by atoms with E-state index >= 15 is 0 Å². The minimum Gasteiger partial charge on any atom is -0.370 e. The van der Waals surface area contributed by atoms with Gasteiger partial charge in [0.1, 0.15) is 12.4 Å². The van der Waals surface area contributed by atoms with Crippen LogP contribution < -0.4 is 5.32 Å². The second-order valence-corrected chi connectivity index (χ2v) is 6.74. The fourth-order valence-corrected chi connectivity index (χ4v) is 2.70. The molecule has 0 aliphatic rings. The molecule has 1 N–H and O–H groups in total. The summed E-state index contributed by atoms with van der Waals surface area (Å²) < 4.78 is 69.5. The number of hydrogen-bond acceptors (Lipinski definition) is 3. The van der Waals surface area contributed by atoms with Gasteiger partial charge in [0, 0.05) is 17.8 Å². The number of rotatable bonds is 9. The zero-order chi connectivity index (χ0) is 22.4. The molecule has 5 nitrogen and oxygen atoms in total. The molecule has 3 aromatic rings. The Hall–Kier alpha value is -3.27. The van der Waals surface area contributed by atoms with Gasteiger partial charge >= 0.3 is 12.3 Å². The van der Waals surface area contributed by atoms with E-state index in [4.69, 9.17) is 0 Å². The first kappa shape index (κ1) is 22.4. The van der Waals surface area contributed by atoms with Gasteiger partial charge in [-0.1, -0.05) is 24.3 Å². The molecule has 0 atom stereocenters.